The monoisotopic (exact) mass is 262 g/mol. The summed E-state index contributed by atoms with van der Waals surface area (Å²) in [5.41, 5.74) is 7.44. The van der Waals surface area contributed by atoms with Gasteiger partial charge in [-0.3, -0.25) is 0 Å². The quantitative estimate of drug-likeness (QED) is 0.379. The van der Waals surface area contributed by atoms with Gasteiger partial charge < -0.3 is 15.8 Å². The van der Waals surface area contributed by atoms with Crippen molar-refractivity contribution in [2.45, 2.75) is 45.6 Å². The lowest BCUT2D eigenvalue weighted by molar-refractivity contribution is 0.318. The summed E-state index contributed by atoms with van der Waals surface area (Å²) in [7, 11) is 0. The topological polar surface area (TPSA) is 74.7 Å². The van der Waals surface area contributed by atoms with Crippen LogP contribution in [0.25, 0.3) is 0 Å². The van der Waals surface area contributed by atoms with Gasteiger partial charge in [0, 0.05) is 18.3 Å². The smallest absolute Gasteiger partial charge is 0.173 e. The fourth-order valence-electron chi connectivity index (χ4n) is 2.72. The van der Waals surface area contributed by atoms with Gasteiger partial charge in [0.05, 0.1) is 5.56 Å². The molecule has 0 amide bonds. The molecule has 0 aromatic carbocycles. The van der Waals surface area contributed by atoms with Gasteiger partial charge in [0.25, 0.3) is 0 Å². The maximum absolute atomic E-state index is 8.92. The molecule has 1 saturated heterocycles. The SMILES string of the molecule is CCC1CCCCN1c1nc(C)ccc1C(N)=NO. The molecule has 19 heavy (non-hydrogen) atoms. The molecule has 1 aromatic heterocycles. The number of aromatic nitrogens is 1. The number of amidine groups is 1. The first-order valence-electron chi connectivity index (χ1n) is 6.89. The van der Waals surface area contributed by atoms with E-state index in [9.17, 15) is 0 Å². The van der Waals surface area contributed by atoms with Crippen LogP contribution in [-0.4, -0.2) is 28.6 Å². The maximum Gasteiger partial charge on any atom is 0.173 e. The Morgan fingerprint density at radius 1 is 1.53 bits per heavy atom. The van der Waals surface area contributed by atoms with Crippen LogP contribution in [0.3, 0.4) is 0 Å². The van der Waals surface area contributed by atoms with Gasteiger partial charge in [0.1, 0.15) is 5.82 Å². The molecule has 1 aliphatic rings. The highest BCUT2D eigenvalue weighted by Crippen LogP contribution is 2.28. The molecule has 0 saturated carbocycles. The molecule has 1 atom stereocenters. The first-order chi connectivity index (χ1) is 9.17. The van der Waals surface area contributed by atoms with E-state index < -0.39 is 0 Å². The number of aryl methyl sites for hydroxylation is 1. The summed E-state index contributed by atoms with van der Waals surface area (Å²) in [6, 6.07) is 4.27. The van der Waals surface area contributed by atoms with E-state index in [1.165, 1.54) is 19.3 Å². The van der Waals surface area contributed by atoms with Crippen molar-refractivity contribution >= 4 is 11.7 Å². The molecular weight excluding hydrogens is 240 g/mol. The van der Waals surface area contributed by atoms with Crippen molar-refractivity contribution in [3.8, 4) is 0 Å². The van der Waals surface area contributed by atoms with Crippen LogP contribution in [0.15, 0.2) is 17.3 Å². The summed E-state index contributed by atoms with van der Waals surface area (Å²) in [5.74, 6) is 0.977. The third-order valence-electron chi connectivity index (χ3n) is 3.77. The average molecular weight is 262 g/mol. The predicted molar refractivity (Wildman–Crippen MR) is 76.8 cm³/mol. The summed E-state index contributed by atoms with van der Waals surface area (Å²) < 4.78 is 0. The second-order valence-corrected chi connectivity index (χ2v) is 5.06. The molecule has 5 heteroatoms. The third-order valence-corrected chi connectivity index (χ3v) is 3.77. The molecule has 1 fully saturated rings. The zero-order valence-electron chi connectivity index (χ0n) is 11.6. The fraction of sp³-hybridized carbons (Fsp3) is 0.571. The van der Waals surface area contributed by atoms with Gasteiger partial charge in [-0.25, -0.2) is 4.98 Å². The Kier molecular flexibility index (Phi) is 4.24. The van der Waals surface area contributed by atoms with Crippen molar-refractivity contribution in [3.63, 3.8) is 0 Å². The summed E-state index contributed by atoms with van der Waals surface area (Å²) in [5, 5.41) is 12.0. The zero-order valence-corrected chi connectivity index (χ0v) is 11.6. The Balaban J connectivity index is 2.44. The molecule has 0 bridgehead atoms. The van der Waals surface area contributed by atoms with E-state index in [2.05, 4.69) is 22.0 Å². The number of nitrogens with zero attached hydrogens (tertiary/aromatic N) is 3. The molecule has 104 valence electrons. The number of piperidine rings is 1. The molecule has 0 spiro atoms. The number of anilines is 1. The number of hydrogen-bond donors (Lipinski definition) is 2. The molecule has 0 aliphatic carbocycles. The lowest BCUT2D eigenvalue weighted by Crippen LogP contribution is -2.41. The first kappa shape index (κ1) is 13.6. The van der Waals surface area contributed by atoms with Crippen LogP contribution in [0.1, 0.15) is 43.9 Å². The van der Waals surface area contributed by atoms with Crippen LogP contribution in [-0.2, 0) is 0 Å². The van der Waals surface area contributed by atoms with E-state index >= 15 is 0 Å². The minimum Gasteiger partial charge on any atom is -0.409 e. The molecule has 2 heterocycles. The molecule has 1 aromatic rings. The normalized spacial score (nSPS) is 20.6. The standard InChI is InChI=1S/C14H22N4O/c1-3-11-6-4-5-9-18(11)14-12(13(15)17-19)8-7-10(2)16-14/h7-8,11,19H,3-6,9H2,1-2H3,(H2,15,17). The Morgan fingerprint density at radius 2 is 2.32 bits per heavy atom. The minimum absolute atomic E-state index is 0.128. The summed E-state index contributed by atoms with van der Waals surface area (Å²) in [4.78, 5) is 6.93. The highest BCUT2D eigenvalue weighted by Gasteiger charge is 2.25. The molecule has 0 radical (unpaired) electrons. The lowest BCUT2D eigenvalue weighted by Gasteiger charge is -2.37. The van der Waals surface area contributed by atoms with Gasteiger partial charge in [0.15, 0.2) is 5.84 Å². The van der Waals surface area contributed by atoms with Crippen molar-refractivity contribution in [3.05, 3.63) is 23.4 Å². The van der Waals surface area contributed by atoms with Crippen LogP contribution < -0.4 is 10.6 Å². The van der Waals surface area contributed by atoms with E-state index in [-0.39, 0.29) is 5.84 Å². The number of hydrogen-bond acceptors (Lipinski definition) is 4. The summed E-state index contributed by atoms with van der Waals surface area (Å²) in [6.45, 7) is 5.15. The third kappa shape index (κ3) is 2.80. The highest BCUT2D eigenvalue weighted by molar-refractivity contribution is 6.01. The van der Waals surface area contributed by atoms with Gasteiger partial charge in [-0.05, 0) is 44.7 Å². The summed E-state index contributed by atoms with van der Waals surface area (Å²) >= 11 is 0. The largest absolute Gasteiger partial charge is 0.409 e. The maximum atomic E-state index is 8.92. The number of pyridine rings is 1. The Labute approximate surface area is 114 Å². The van der Waals surface area contributed by atoms with E-state index in [1.807, 2.05) is 19.1 Å². The number of rotatable bonds is 3. The summed E-state index contributed by atoms with van der Waals surface area (Å²) in [6.07, 6.45) is 4.70. The van der Waals surface area contributed by atoms with Crippen molar-refractivity contribution in [1.82, 2.24) is 4.98 Å². The van der Waals surface area contributed by atoms with Crippen LogP contribution >= 0.6 is 0 Å². The second kappa shape index (κ2) is 5.91. The second-order valence-electron chi connectivity index (χ2n) is 5.06. The van der Waals surface area contributed by atoms with E-state index in [4.69, 9.17) is 10.9 Å². The van der Waals surface area contributed by atoms with Crippen LogP contribution in [0, 0.1) is 6.92 Å². The first-order valence-corrected chi connectivity index (χ1v) is 6.89. The Hall–Kier alpha value is -1.78. The van der Waals surface area contributed by atoms with Crippen LogP contribution in [0.4, 0.5) is 5.82 Å². The van der Waals surface area contributed by atoms with Gasteiger partial charge >= 0.3 is 0 Å². The predicted octanol–water partition coefficient (Wildman–Crippen LogP) is 2.25. The molecular formula is C14H22N4O. The van der Waals surface area contributed by atoms with Gasteiger partial charge in [-0.15, -0.1) is 0 Å². The minimum atomic E-state index is 0.128. The Bertz CT molecular complexity index is 473. The van der Waals surface area contributed by atoms with Gasteiger partial charge in [-0.1, -0.05) is 12.1 Å². The van der Waals surface area contributed by atoms with Crippen molar-refractivity contribution in [1.29, 1.82) is 0 Å². The van der Waals surface area contributed by atoms with Crippen LogP contribution in [0.2, 0.25) is 0 Å². The van der Waals surface area contributed by atoms with Crippen LogP contribution in [0.5, 0.6) is 0 Å². The number of oxime groups is 1. The Morgan fingerprint density at radius 3 is 3.00 bits per heavy atom. The van der Waals surface area contributed by atoms with E-state index in [0.717, 1.165) is 24.5 Å². The van der Waals surface area contributed by atoms with E-state index in [0.29, 0.717) is 11.6 Å². The molecule has 1 unspecified atom stereocenters. The van der Waals surface area contributed by atoms with Crippen molar-refractivity contribution in [2.24, 2.45) is 10.9 Å². The molecule has 5 nitrogen and oxygen atoms in total. The molecule has 3 N–H and O–H groups in total. The fourth-order valence-corrected chi connectivity index (χ4v) is 2.72. The number of nitrogens with two attached hydrogens (primary N) is 1. The van der Waals surface area contributed by atoms with Crippen molar-refractivity contribution in [2.75, 3.05) is 11.4 Å². The van der Waals surface area contributed by atoms with Crippen molar-refractivity contribution < 1.29 is 5.21 Å². The van der Waals surface area contributed by atoms with E-state index in [1.54, 1.807) is 0 Å². The zero-order chi connectivity index (χ0) is 13.8. The lowest BCUT2D eigenvalue weighted by atomic mass is 9.99. The highest BCUT2D eigenvalue weighted by atomic mass is 16.4. The average Bonchev–Trinajstić information content (AvgIpc) is 2.46. The molecule has 2 rings (SSSR count). The van der Waals surface area contributed by atoms with Gasteiger partial charge in [-0.2, -0.15) is 0 Å². The molecule has 1 aliphatic heterocycles. The van der Waals surface area contributed by atoms with Gasteiger partial charge in [0.2, 0.25) is 0 Å².